The molecule has 0 radical (unpaired) electrons. The number of aliphatic hydroxyl groups is 1. The molecule has 0 aromatic heterocycles. The average Bonchev–Trinajstić information content (AvgIpc) is 2.34. The number of carbonyl (C=O) groups excluding carboxylic acids is 1. The van der Waals surface area contributed by atoms with Crippen LogP contribution in [0.4, 0.5) is 4.79 Å². The average molecular weight is 287 g/mol. The molecular weight excluding hydrogens is 254 g/mol. The highest BCUT2D eigenvalue weighted by atomic mass is 16.6. The zero-order valence-electron chi connectivity index (χ0n) is 13.7. The molecule has 0 aliphatic heterocycles. The number of aliphatic hydroxyl groups excluding tert-OH is 1. The molecule has 0 spiro atoms. The van der Waals surface area contributed by atoms with E-state index in [4.69, 9.17) is 10.8 Å². The highest BCUT2D eigenvalue weighted by molar-refractivity contribution is 5.65. The van der Waals surface area contributed by atoms with Gasteiger partial charge in [0, 0.05) is 6.61 Å². The summed E-state index contributed by atoms with van der Waals surface area (Å²) in [5.74, 6) is 1.94. The van der Waals surface area contributed by atoms with Gasteiger partial charge in [0.15, 0.2) is 0 Å². The Bertz CT molecular complexity index is 253. The van der Waals surface area contributed by atoms with E-state index in [9.17, 15) is 4.79 Å². The summed E-state index contributed by atoms with van der Waals surface area (Å²) in [6.45, 7) is 7.97. The van der Waals surface area contributed by atoms with Crippen LogP contribution in [0.2, 0.25) is 0 Å². The van der Waals surface area contributed by atoms with E-state index < -0.39 is 11.7 Å². The number of primary amides is 1. The fourth-order valence-corrected chi connectivity index (χ4v) is 2.61. The molecule has 1 aliphatic carbocycles. The van der Waals surface area contributed by atoms with Crippen molar-refractivity contribution >= 4 is 6.09 Å². The highest BCUT2D eigenvalue weighted by Gasteiger charge is 2.19. The van der Waals surface area contributed by atoms with Gasteiger partial charge in [0.1, 0.15) is 5.60 Å². The van der Waals surface area contributed by atoms with E-state index in [1.54, 1.807) is 20.8 Å². The molecule has 1 amide bonds. The van der Waals surface area contributed by atoms with Crippen LogP contribution in [0.1, 0.15) is 72.6 Å². The first kappa shape index (κ1) is 19.2. The van der Waals surface area contributed by atoms with E-state index in [1.165, 1.54) is 38.5 Å². The van der Waals surface area contributed by atoms with Crippen molar-refractivity contribution in [3.8, 4) is 0 Å². The van der Waals surface area contributed by atoms with Crippen LogP contribution in [-0.4, -0.2) is 23.4 Å². The predicted octanol–water partition coefficient (Wildman–Crippen LogP) is 3.86. The normalized spacial score (nSPS) is 22.6. The van der Waals surface area contributed by atoms with Gasteiger partial charge in [-0.25, -0.2) is 4.79 Å². The molecule has 120 valence electrons. The third-order valence-corrected chi connectivity index (χ3v) is 3.72. The smallest absolute Gasteiger partial charge is 0.405 e. The summed E-state index contributed by atoms with van der Waals surface area (Å²) in [6, 6.07) is 0. The van der Waals surface area contributed by atoms with Gasteiger partial charge in [-0.3, -0.25) is 0 Å². The van der Waals surface area contributed by atoms with Gasteiger partial charge in [0.25, 0.3) is 0 Å². The molecule has 20 heavy (non-hydrogen) atoms. The third kappa shape index (κ3) is 11.1. The summed E-state index contributed by atoms with van der Waals surface area (Å²) in [6.07, 6.45) is 8.62. The number of hydrogen-bond donors (Lipinski definition) is 2. The zero-order chi connectivity index (χ0) is 15.6. The Labute approximate surface area is 124 Å². The maximum absolute atomic E-state index is 10.0. The summed E-state index contributed by atoms with van der Waals surface area (Å²) in [5, 5.41) is 8.70. The molecule has 1 rings (SSSR count). The van der Waals surface area contributed by atoms with Gasteiger partial charge in [-0.1, -0.05) is 39.0 Å². The number of hydrogen-bond acceptors (Lipinski definition) is 3. The van der Waals surface area contributed by atoms with Crippen LogP contribution in [0.5, 0.6) is 0 Å². The lowest BCUT2D eigenvalue weighted by atomic mass is 9.79. The van der Waals surface area contributed by atoms with E-state index in [0.717, 1.165) is 18.3 Å². The molecule has 1 aliphatic rings. The van der Waals surface area contributed by atoms with Crippen molar-refractivity contribution in [1.82, 2.24) is 0 Å². The quantitative estimate of drug-likeness (QED) is 0.824. The van der Waals surface area contributed by atoms with Crippen LogP contribution in [0.3, 0.4) is 0 Å². The minimum Gasteiger partial charge on any atom is -0.444 e. The lowest BCUT2D eigenvalue weighted by Gasteiger charge is -2.27. The number of ether oxygens (including phenoxy) is 1. The van der Waals surface area contributed by atoms with Crippen LogP contribution in [0.25, 0.3) is 0 Å². The molecule has 0 aromatic rings. The maximum Gasteiger partial charge on any atom is 0.405 e. The maximum atomic E-state index is 10.0. The highest BCUT2D eigenvalue weighted by Crippen LogP contribution is 2.32. The monoisotopic (exact) mass is 287 g/mol. The Morgan fingerprint density at radius 2 is 1.70 bits per heavy atom. The van der Waals surface area contributed by atoms with Crippen molar-refractivity contribution in [2.24, 2.45) is 17.6 Å². The zero-order valence-corrected chi connectivity index (χ0v) is 13.7. The van der Waals surface area contributed by atoms with Crippen molar-refractivity contribution in [3.05, 3.63) is 0 Å². The van der Waals surface area contributed by atoms with E-state index in [1.807, 2.05) is 0 Å². The van der Waals surface area contributed by atoms with E-state index >= 15 is 0 Å². The van der Waals surface area contributed by atoms with Gasteiger partial charge in [-0.15, -0.1) is 0 Å². The van der Waals surface area contributed by atoms with Crippen molar-refractivity contribution in [2.45, 2.75) is 78.2 Å². The number of nitrogens with two attached hydrogens (primary N) is 1. The van der Waals surface area contributed by atoms with Crippen molar-refractivity contribution < 1.29 is 14.6 Å². The second-order valence-electron chi connectivity index (χ2n) is 6.69. The lowest BCUT2D eigenvalue weighted by molar-refractivity contribution is 0.0600. The number of carbonyl (C=O) groups is 1. The predicted molar refractivity (Wildman–Crippen MR) is 82.5 cm³/mol. The fraction of sp³-hybridized carbons (Fsp3) is 0.938. The summed E-state index contributed by atoms with van der Waals surface area (Å²) in [5.41, 5.74) is 4.26. The Kier molecular flexibility index (Phi) is 9.64. The van der Waals surface area contributed by atoms with Crippen LogP contribution in [0, 0.1) is 11.8 Å². The SMILES string of the molecule is CC(C)(C)OC(N)=O.CCC1CCC(CCCO)CC1. The lowest BCUT2D eigenvalue weighted by Crippen LogP contribution is -2.27. The van der Waals surface area contributed by atoms with Crippen LogP contribution < -0.4 is 5.73 Å². The standard InChI is InChI=1S/C11H22O.C5H11NO2/c1-2-10-5-7-11(8-6-10)4-3-9-12;1-5(2,3)8-4(6)7/h10-12H,2-9H2,1H3;1-3H3,(H2,6,7). The van der Waals surface area contributed by atoms with Gasteiger partial charge < -0.3 is 15.6 Å². The molecule has 0 bridgehead atoms. The summed E-state index contributed by atoms with van der Waals surface area (Å²) in [7, 11) is 0. The van der Waals surface area contributed by atoms with Crippen LogP contribution in [0.15, 0.2) is 0 Å². The van der Waals surface area contributed by atoms with E-state index in [0.29, 0.717) is 6.61 Å². The van der Waals surface area contributed by atoms with E-state index in [2.05, 4.69) is 11.7 Å². The molecule has 0 heterocycles. The van der Waals surface area contributed by atoms with Gasteiger partial charge in [0.2, 0.25) is 0 Å². The molecule has 4 heteroatoms. The fourth-order valence-electron chi connectivity index (χ4n) is 2.61. The molecular formula is C16H33NO3. The van der Waals surface area contributed by atoms with Gasteiger partial charge in [0.05, 0.1) is 0 Å². The first-order valence-corrected chi connectivity index (χ1v) is 7.87. The topological polar surface area (TPSA) is 72.5 Å². The number of amides is 1. The largest absolute Gasteiger partial charge is 0.444 e. The second kappa shape index (κ2) is 10.0. The van der Waals surface area contributed by atoms with Crippen molar-refractivity contribution in [3.63, 3.8) is 0 Å². The van der Waals surface area contributed by atoms with Gasteiger partial charge in [-0.05, 0) is 45.4 Å². The van der Waals surface area contributed by atoms with Crippen LogP contribution >= 0.6 is 0 Å². The van der Waals surface area contributed by atoms with Gasteiger partial charge >= 0.3 is 6.09 Å². The second-order valence-corrected chi connectivity index (χ2v) is 6.69. The van der Waals surface area contributed by atoms with Crippen LogP contribution in [-0.2, 0) is 4.74 Å². The Balaban J connectivity index is 0.000000396. The minimum atomic E-state index is -0.725. The first-order valence-electron chi connectivity index (χ1n) is 7.87. The molecule has 4 nitrogen and oxygen atoms in total. The summed E-state index contributed by atoms with van der Waals surface area (Å²) >= 11 is 0. The first-order chi connectivity index (χ1) is 9.28. The number of rotatable bonds is 4. The molecule has 1 fully saturated rings. The Hall–Kier alpha value is -0.770. The minimum absolute atomic E-state index is 0.383. The molecule has 1 saturated carbocycles. The Morgan fingerprint density at radius 1 is 1.20 bits per heavy atom. The summed E-state index contributed by atoms with van der Waals surface area (Å²) < 4.78 is 4.58. The van der Waals surface area contributed by atoms with Crippen molar-refractivity contribution in [2.75, 3.05) is 6.61 Å². The Morgan fingerprint density at radius 3 is 2.00 bits per heavy atom. The van der Waals surface area contributed by atoms with E-state index in [-0.39, 0.29) is 0 Å². The molecule has 0 unspecified atom stereocenters. The summed E-state index contributed by atoms with van der Waals surface area (Å²) in [4.78, 5) is 10.0. The molecule has 0 saturated heterocycles. The molecule has 0 aromatic carbocycles. The third-order valence-electron chi connectivity index (χ3n) is 3.72. The molecule has 0 atom stereocenters. The molecule has 3 N–H and O–H groups in total. The van der Waals surface area contributed by atoms with Gasteiger partial charge in [-0.2, -0.15) is 0 Å². The van der Waals surface area contributed by atoms with Crippen molar-refractivity contribution in [1.29, 1.82) is 0 Å².